The van der Waals surface area contributed by atoms with Crippen LogP contribution in [-0.2, 0) is 9.59 Å². The van der Waals surface area contributed by atoms with Crippen molar-refractivity contribution in [3.8, 4) is 5.75 Å². The van der Waals surface area contributed by atoms with Crippen molar-refractivity contribution in [2.24, 2.45) is 0 Å². The van der Waals surface area contributed by atoms with Crippen LogP contribution in [0.1, 0.15) is 17.9 Å². The molecule has 0 bridgehead atoms. The molecule has 19 heavy (non-hydrogen) atoms. The predicted molar refractivity (Wildman–Crippen MR) is 68.9 cm³/mol. The first kappa shape index (κ1) is 12.0. The largest absolute Gasteiger partial charge is 0.492 e. The van der Waals surface area contributed by atoms with E-state index in [9.17, 15) is 9.59 Å². The van der Waals surface area contributed by atoms with E-state index in [1.807, 2.05) is 24.3 Å². The van der Waals surface area contributed by atoms with E-state index in [2.05, 4.69) is 5.32 Å². The van der Waals surface area contributed by atoms with Gasteiger partial charge >= 0.3 is 0 Å². The van der Waals surface area contributed by atoms with Gasteiger partial charge < -0.3 is 15.0 Å². The molecule has 2 amide bonds. The molecule has 1 saturated heterocycles. The van der Waals surface area contributed by atoms with Crippen LogP contribution in [0.3, 0.4) is 0 Å². The molecule has 1 aromatic carbocycles. The summed E-state index contributed by atoms with van der Waals surface area (Å²) in [6, 6.07) is 7.64. The van der Waals surface area contributed by atoms with Crippen molar-refractivity contribution in [2.75, 3.05) is 26.2 Å². The van der Waals surface area contributed by atoms with E-state index in [4.69, 9.17) is 4.74 Å². The van der Waals surface area contributed by atoms with Gasteiger partial charge in [0.15, 0.2) is 0 Å². The molecule has 1 N–H and O–H groups in total. The number of rotatable bonds is 1. The quantitative estimate of drug-likeness (QED) is 0.800. The van der Waals surface area contributed by atoms with Gasteiger partial charge in [-0.2, -0.15) is 0 Å². The number of carbonyl (C=O) groups excluding carboxylic acids is 2. The Kier molecular flexibility index (Phi) is 3.11. The van der Waals surface area contributed by atoms with Crippen molar-refractivity contribution in [2.45, 2.75) is 12.3 Å². The lowest BCUT2D eigenvalue weighted by molar-refractivity contribution is -0.132. The Balaban J connectivity index is 1.76. The normalized spacial score (nSPS) is 22.2. The number of fused-ring (bicyclic) bond motifs is 1. The molecular formula is C14H16N2O3. The van der Waals surface area contributed by atoms with Gasteiger partial charge in [-0.1, -0.05) is 18.2 Å². The van der Waals surface area contributed by atoms with Crippen LogP contribution in [0, 0.1) is 0 Å². The second kappa shape index (κ2) is 4.91. The Morgan fingerprint density at radius 2 is 2.16 bits per heavy atom. The van der Waals surface area contributed by atoms with Crippen molar-refractivity contribution in [1.29, 1.82) is 0 Å². The Morgan fingerprint density at radius 1 is 1.32 bits per heavy atom. The SMILES string of the molecule is O=C1CCN(C(=O)C2COc3ccccc32)CCN1. The highest BCUT2D eigenvalue weighted by molar-refractivity contribution is 5.86. The van der Waals surface area contributed by atoms with Crippen LogP contribution in [-0.4, -0.2) is 43.0 Å². The van der Waals surface area contributed by atoms with Gasteiger partial charge in [-0.25, -0.2) is 0 Å². The number of benzene rings is 1. The summed E-state index contributed by atoms with van der Waals surface area (Å²) in [6.07, 6.45) is 0.376. The molecule has 0 radical (unpaired) electrons. The number of amides is 2. The van der Waals surface area contributed by atoms with Gasteiger partial charge in [0.25, 0.3) is 0 Å². The zero-order valence-electron chi connectivity index (χ0n) is 10.6. The third-order valence-electron chi connectivity index (χ3n) is 3.62. The standard InChI is InChI=1S/C14H16N2O3/c17-13-5-7-16(8-6-15-13)14(18)11-9-19-12-4-2-1-3-10(11)12/h1-4,11H,5-9H2,(H,15,17). The fourth-order valence-electron chi connectivity index (χ4n) is 2.57. The Morgan fingerprint density at radius 3 is 3.05 bits per heavy atom. The molecule has 1 atom stereocenters. The minimum atomic E-state index is -0.232. The molecule has 0 aromatic heterocycles. The molecule has 5 heteroatoms. The lowest BCUT2D eigenvalue weighted by Crippen LogP contribution is -2.38. The maximum absolute atomic E-state index is 12.5. The highest BCUT2D eigenvalue weighted by atomic mass is 16.5. The van der Waals surface area contributed by atoms with Gasteiger partial charge in [0, 0.05) is 31.6 Å². The summed E-state index contributed by atoms with van der Waals surface area (Å²) in [7, 11) is 0. The molecule has 1 fully saturated rings. The molecule has 5 nitrogen and oxygen atoms in total. The summed E-state index contributed by atoms with van der Waals surface area (Å²) in [5, 5.41) is 2.78. The number of ether oxygens (including phenoxy) is 1. The second-order valence-electron chi connectivity index (χ2n) is 4.83. The molecule has 2 aliphatic heterocycles. The zero-order valence-corrected chi connectivity index (χ0v) is 10.6. The first-order chi connectivity index (χ1) is 9.25. The van der Waals surface area contributed by atoms with Crippen LogP contribution in [0.15, 0.2) is 24.3 Å². The Hall–Kier alpha value is -2.04. The lowest BCUT2D eigenvalue weighted by atomic mass is 10.00. The van der Waals surface area contributed by atoms with E-state index >= 15 is 0 Å². The Bertz CT molecular complexity index is 515. The fraction of sp³-hybridized carbons (Fsp3) is 0.429. The van der Waals surface area contributed by atoms with Crippen LogP contribution in [0.4, 0.5) is 0 Å². The number of nitrogens with zero attached hydrogens (tertiary/aromatic N) is 1. The van der Waals surface area contributed by atoms with E-state index in [-0.39, 0.29) is 17.7 Å². The first-order valence-electron chi connectivity index (χ1n) is 6.53. The van der Waals surface area contributed by atoms with Crippen molar-refractivity contribution in [1.82, 2.24) is 10.2 Å². The summed E-state index contributed by atoms with van der Waals surface area (Å²) < 4.78 is 5.55. The average molecular weight is 260 g/mol. The third-order valence-corrected chi connectivity index (χ3v) is 3.62. The monoisotopic (exact) mass is 260 g/mol. The maximum atomic E-state index is 12.5. The molecule has 1 unspecified atom stereocenters. The minimum absolute atomic E-state index is 0.0124. The van der Waals surface area contributed by atoms with E-state index < -0.39 is 0 Å². The molecule has 2 aliphatic rings. The maximum Gasteiger partial charge on any atom is 0.233 e. The molecule has 100 valence electrons. The number of carbonyl (C=O) groups is 2. The van der Waals surface area contributed by atoms with Gasteiger partial charge in [-0.15, -0.1) is 0 Å². The number of nitrogens with one attached hydrogen (secondary N) is 1. The number of hydrogen-bond donors (Lipinski definition) is 1. The van der Waals surface area contributed by atoms with Crippen LogP contribution < -0.4 is 10.1 Å². The van der Waals surface area contributed by atoms with Gasteiger partial charge in [0.05, 0.1) is 0 Å². The molecular weight excluding hydrogens is 244 g/mol. The van der Waals surface area contributed by atoms with Crippen molar-refractivity contribution < 1.29 is 14.3 Å². The highest BCUT2D eigenvalue weighted by Gasteiger charge is 2.33. The zero-order chi connectivity index (χ0) is 13.2. The summed E-state index contributed by atoms with van der Waals surface area (Å²) >= 11 is 0. The predicted octanol–water partition coefficient (Wildman–Crippen LogP) is 0.511. The van der Waals surface area contributed by atoms with Crippen LogP contribution in [0.2, 0.25) is 0 Å². The number of para-hydroxylation sites is 1. The summed E-state index contributed by atoms with van der Waals surface area (Å²) in [4.78, 5) is 25.6. The van der Waals surface area contributed by atoms with Crippen molar-refractivity contribution in [3.63, 3.8) is 0 Å². The fourth-order valence-corrected chi connectivity index (χ4v) is 2.57. The molecule has 0 spiro atoms. The third kappa shape index (κ3) is 2.28. The summed E-state index contributed by atoms with van der Waals surface area (Å²) in [5.74, 6) is 0.633. The molecule has 0 aliphatic carbocycles. The van der Waals surface area contributed by atoms with Crippen molar-refractivity contribution in [3.05, 3.63) is 29.8 Å². The highest BCUT2D eigenvalue weighted by Crippen LogP contribution is 2.34. The first-order valence-corrected chi connectivity index (χ1v) is 6.53. The smallest absolute Gasteiger partial charge is 0.233 e. The minimum Gasteiger partial charge on any atom is -0.492 e. The Labute approximate surface area is 111 Å². The summed E-state index contributed by atoms with van der Waals surface area (Å²) in [6.45, 7) is 1.99. The lowest BCUT2D eigenvalue weighted by Gasteiger charge is -2.22. The van der Waals surface area contributed by atoms with Crippen LogP contribution in [0.25, 0.3) is 0 Å². The summed E-state index contributed by atoms with van der Waals surface area (Å²) in [5.41, 5.74) is 0.955. The van der Waals surface area contributed by atoms with Crippen molar-refractivity contribution >= 4 is 11.8 Å². The topological polar surface area (TPSA) is 58.6 Å². The molecule has 1 aromatic rings. The van der Waals surface area contributed by atoms with E-state index in [0.29, 0.717) is 32.7 Å². The van der Waals surface area contributed by atoms with Gasteiger partial charge in [-0.05, 0) is 6.07 Å². The molecule has 2 heterocycles. The van der Waals surface area contributed by atoms with Gasteiger partial charge in [0.1, 0.15) is 18.3 Å². The van der Waals surface area contributed by atoms with E-state index in [1.165, 1.54) is 0 Å². The molecule has 3 rings (SSSR count). The number of hydrogen-bond acceptors (Lipinski definition) is 3. The van der Waals surface area contributed by atoms with E-state index in [1.54, 1.807) is 4.90 Å². The van der Waals surface area contributed by atoms with Crippen LogP contribution in [0.5, 0.6) is 5.75 Å². The average Bonchev–Trinajstić information content (AvgIpc) is 2.74. The van der Waals surface area contributed by atoms with Gasteiger partial charge in [-0.3, -0.25) is 9.59 Å². The molecule has 0 saturated carbocycles. The van der Waals surface area contributed by atoms with Crippen LogP contribution >= 0.6 is 0 Å². The second-order valence-corrected chi connectivity index (χ2v) is 4.83. The van der Waals surface area contributed by atoms with E-state index in [0.717, 1.165) is 11.3 Å². The van der Waals surface area contributed by atoms with Gasteiger partial charge in [0.2, 0.25) is 11.8 Å².